The van der Waals surface area contributed by atoms with E-state index in [1.54, 1.807) is 29.2 Å². The molecule has 32 heavy (non-hydrogen) atoms. The molecule has 0 saturated carbocycles. The molecule has 0 unspecified atom stereocenters. The molecular formula is C27H26N2O3. The van der Waals surface area contributed by atoms with Crippen molar-refractivity contribution < 1.29 is 14.4 Å². The lowest BCUT2D eigenvalue weighted by atomic mass is 10.0. The monoisotopic (exact) mass is 426 g/mol. The minimum atomic E-state index is -0.920. The van der Waals surface area contributed by atoms with Crippen LogP contribution in [0.5, 0.6) is 0 Å². The van der Waals surface area contributed by atoms with Gasteiger partial charge in [0.15, 0.2) is 0 Å². The van der Waals surface area contributed by atoms with E-state index in [0.29, 0.717) is 17.7 Å². The van der Waals surface area contributed by atoms with Gasteiger partial charge in [-0.15, -0.1) is 0 Å². The minimum absolute atomic E-state index is 0.101. The zero-order valence-corrected chi connectivity index (χ0v) is 18.3. The van der Waals surface area contributed by atoms with E-state index in [-0.39, 0.29) is 18.4 Å². The van der Waals surface area contributed by atoms with Gasteiger partial charge in [0, 0.05) is 19.0 Å². The molecule has 162 valence electrons. The summed E-state index contributed by atoms with van der Waals surface area (Å²) in [6, 6.07) is 25.0. The minimum Gasteiger partial charge on any atom is -0.334 e. The van der Waals surface area contributed by atoms with Crippen LogP contribution < -0.4 is 0 Å². The van der Waals surface area contributed by atoms with E-state index in [2.05, 4.69) is 0 Å². The number of rotatable bonds is 7. The molecule has 5 nitrogen and oxygen atoms in total. The Morgan fingerprint density at radius 1 is 0.750 bits per heavy atom. The van der Waals surface area contributed by atoms with Gasteiger partial charge in [0.1, 0.15) is 6.04 Å². The van der Waals surface area contributed by atoms with Gasteiger partial charge in [-0.2, -0.15) is 0 Å². The SMILES string of the molecule is CC(C)N(Cc1ccccc1)C(=O)[C@@H](Cc1ccccc1)N1C(=O)c2ccccc2C1=O. The number of carbonyl (C=O) groups excluding carboxylic acids is 3. The Morgan fingerprint density at radius 3 is 1.72 bits per heavy atom. The van der Waals surface area contributed by atoms with Crippen LogP contribution in [0.2, 0.25) is 0 Å². The first-order valence-corrected chi connectivity index (χ1v) is 10.8. The van der Waals surface area contributed by atoms with Gasteiger partial charge in [-0.1, -0.05) is 72.8 Å². The highest BCUT2D eigenvalue weighted by Crippen LogP contribution is 2.27. The summed E-state index contributed by atoms with van der Waals surface area (Å²) in [6.07, 6.45) is 0.267. The number of nitrogens with zero attached hydrogens (tertiary/aromatic N) is 2. The molecule has 5 heteroatoms. The second kappa shape index (κ2) is 9.18. The fourth-order valence-corrected chi connectivity index (χ4v) is 4.10. The maximum atomic E-state index is 13.9. The van der Waals surface area contributed by atoms with Crippen molar-refractivity contribution in [3.05, 3.63) is 107 Å². The van der Waals surface area contributed by atoms with E-state index in [1.807, 2.05) is 74.5 Å². The molecule has 3 aromatic rings. The van der Waals surface area contributed by atoms with E-state index in [1.165, 1.54) is 0 Å². The number of imide groups is 1. The van der Waals surface area contributed by atoms with E-state index in [4.69, 9.17) is 0 Å². The van der Waals surface area contributed by atoms with Crippen molar-refractivity contribution in [2.75, 3.05) is 0 Å². The zero-order chi connectivity index (χ0) is 22.7. The molecular weight excluding hydrogens is 400 g/mol. The van der Waals surface area contributed by atoms with E-state index in [0.717, 1.165) is 16.0 Å². The van der Waals surface area contributed by atoms with Crippen molar-refractivity contribution in [1.29, 1.82) is 0 Å². The predicted molar refractivity (Wildman–Crippen MR) is 123 cm³/mol. The molecule has 0 spiro atoms. The second-order valence-corrected chi connectivity index (χ2v) is 8.28. The highest BCUT2D eigenvalue weighted by molar-refractivity contribution is 6.22. The fourth-order valence-electron chi connectivity index (χ4n) is 4.10. The van der Waals surface area contributed by atoms with Crippen molar-refractivity contribution in [2.24, 2.45) is 0 Å². The number of amides is 3. The standard InChI is InChI=1S/C27H26N2O3/c1-19(2)28(18-21-13-7-4-8-14-21)27(32)24(17-20-11-5-3-6-12-20)29-25(30)22-15-9-10-16-23(22)26(29)31/h3-16,19,24H,17-18H2,1-2H3/t24-/m1/s1. The van der Waals surface area contributed by atoms with Crippen molar-refractivity contribution in [3.63, 3.8) is 0 Å². The van der Waals surface area contributed by atoms with Crippen LogP contribution >= 0.6 is 0 Å². The summed E-state index contributed by atoms with van der Waals surface area (Å²) in [5.41, 5.74) is 2.59. The molecule has 1 aliphatic rings. The van der Waals surface area contributed by atoms with Gasteiger partial charge in [-0.05, 0) is 37.1 Å². The van der Waals surface area contributed by atoms with Gasteiger partial charge in [0.2, 0.25) is 5.91 Å². The Balaban J connectivity index is 1.71. The first kappa shape index (κ1) is 21.5. The van der Waals surface area contributed by atoms with Crippen LogP contribution in [-0.2, 0) is 17.8 Å². The first-order valence-electron chi connectivity index (χ1n) is 10.8. The Morgan fingerprint density at radius 2 is 1.22 bits per heavy atom. The average Bonchev–Trinajstić information content (AvgIpc) is 3.07. The molecule has 0 fully saturated rings. The molecule has 0 bridgehead atoms. The summed E-state index contributed by atoms with van der Waals surface area (Å²) >= 11 is 0. The van der Waals surface area contributed by atoms with Crippen molar-refractivity contribution in [1.82, 2.24) is 9.80 Å². The van der Waals surface area contributed by atoms with Crippen molar-refractivity contribution >= 4 is 17.7 Å². The molecule has 0 aromatic heterocycles. The lowest BCUT2D eigenvalue weighted by Crippen LogP contribution is -2.53. The smallest absolute Gasteiger partial charge is 0.262 e. The Kier molecular flexibility index (Phi) is 6.17. The Bertz CT molecular complexity index is 1090. The van der Waals surface area contributed by atoms with Crippen molar-refractivity contribution in [2.45, 2.75) is 38.9 Å². The van der Waals surface area contributed by atoms with Crippen LogP contribution in [0.25, 0.3) is 0 Å². The molecule has 1 heterocycles. The van der Waals surface area contributed by atoms with Gasteiger partial charge in [0.05, 0.1) is 11.1 Å². The molecule has 0 radical (unpaired) electrons. The van der Waals surface area contributed by atoms with E-state index in [9.17, 15) is 14.4 Å². The van der Waals surface area contributed by atoms with Gasteiger partial charge in [0.25, 0.3) is 11.8 Å². The van der Waals surface area contributed by atoms with Gasteiger partial charge in [-0.25, -0.2) is 0 Å². The molecule has 0 saturated heterocycles. The molecule has 4 rings (SSSR count). The number of hydrogen-bond acceptors (Lipinski definition) is 3. The van der Waals surface area contributed by atoms with Gasteiger partial charge in [-0.3, -0.25) is 19.3 Å². The largest absolute Gasteiger partial charge is 0.334 e. The average molecular weight is 427 g/mol. The zero-order valence-electron chi connectivity index (χ0n) is 18.3. The first-order chi connectivity index (χ1) is 15.5. The molecule has 0 N–H and O–H groups in total. The molecule has 0 aliphatic carbocycles. The third-order valence-electron chi connectivity index (χ3n) is 5.80. The number of carbonyl (C=O) groups is 3. The van der Waals surface area contributed by atoms with Crippen LogP contribution in [0, 0.1) is 0 Å². The van der Waals surface area contributed by atoms with E-state index < -0.39 is 17.9 Å². The maximum absolute atomic E-state index is 13.9. The fraction of sp³-hybridized carbons (Fsp3) is 0.222. The lowest BCUT2D eigenvalue weighted by Gasteiger charge is -2.34. The molecule has 1 atom stereocenters. The van der Waals surface area contributed by atoms with Crippen LogP contribution in [0.15, 0.2) is 84.9 Å². The molecule has 3 amide bonds. The Labute approximate surface area is 188 Å². The number of benzene rings is 3. The second-order valence-electron chi connectivity index (χ2n) is 8.28. The normalized spacial score (nSPS) is 13.9. The summed E-state index contributed by atoms with van der Waals surface area (Å²) in [7, 11) is 0. The third kappa shape index (κ3) is 4.19. The predicted octanol–water partition coefficient (Wildman–Crippen LogP) is 4.33. The summed E-state index contributed by atoms with van der Waals surface area (Å²) < 4.78 is 0. The van der Waals surface area contributed by atoms with E-state index >= 15 is 0 Å². The third-order valence-corrected chi connectivity index (χ3v) is 5.80. The highest BCUT2D eigenvalue weighted by atomic mass is 16.2. The topological polar surface area (TPSA) is 57.7 Å². The summed E-state index contributed by atoms with van der Waals surface area (Å²) in [6.45, 7) is 4.30. The van der Waals surface area contributed by atoms with Gasteiger partial charge < -0.3 is 4.90 Å². The molecule has 3 aromatic carbocycles. The quantitative estimate of drug-likeness (QED) is 0.529. The summed E-state index contributed by atoms with van der Waals surface area (Å²) in [4.78, 5) is 43.3. The van der Waals surface area contributed by atoms with Crippen LogP contribution in [0.3, 0.4) is 0 Å². The maximum Gasteiger partial charge on any atom is 0.262 e. The van der Waals surface area contributed by atoms with Crippen LogP contribution in [0.1, 0.15) is 45.7 Å². The van der Waals surface area contributed by atoms with Crippen molar-refractivity contribution in [3.8, 4) is 0 Å². The van der Waals surface area contributed by atoms with Crippen LogP contribution in [-0.4, -0.2) is 39.6 Å². The summed E-state index contributed by atoms with van der Waals surface area (Å²) in [5, 5.41) is 0. The van der Waals surface area contributed by atoms with Gasteiger partial charge >= 0.3 is 0 Å². The lowest BCUT2D eigenvalue weighted by molar-refractivity contribution is -0.137. The summed E-state index contributed by atoms with van der Waals surface area (Å²) in [5.74, 6) is -1.06. The number of hydrogen-bond donors (Lipinski definition) is 0. The highest BCUT2D eigenvalue weighted by Gasteiger charge is 2.44. The Hall–Kier alpha value is -3.73. The number of fused-ring (bicyclic) bond motifs is 1. The van der Waals surface area contributed by atoms with Crippen LogP contribution in [0.4, 0.5) is 0 Å². The molecule has 1 aliphatic heterocycles.